The van der Waals surface area contributed by atoms with Crippen LogP contribution in [0, 0.1) is 0 Å². The Kier molecular flexibility index (Phi) is 7.09. The molecule has 2 heterocycles. The molecule has 6 nitrogen and oxygen atoms in total. The standard InChI is InChI=1S/C25H23N3O3S/c1-2-30-23-14-20(10-11-22(23)31-17-19-9-6-12-26-15-19)24(29)28-25-27-16-21(32-25)13-18-7-4-3-5-8-18/h3-12,14-16H,2,13,17H2,1H3,(H,27,28,29). The predicted molar refractivity (Wildman–Crippen MR) is 125 cm³/mol. The number of nitrogens with one attached hydrogen (secondary N) is 1. The van der Waals surface area contributed by atoms with Gasteiger partial charge in [0.15, 0.2) is 16.6 Å². The van der Waals surface area contributed by atoms with E-state index in [0.717, 1.165) is 16.9 Å². The minimum Gasteiger partial charge on any atom is -0.490 e. The lowest BCUT2D eigenvalue weighted by atomic mass is 10.1. The first-order valence-corrected chi connectivity index (χ1v) is 11.1. The third kappa shape index (κ3) is 5.70. The number of carbonyl (C=O) groups excluding carboxylic acids is 1. The molecule has 0 saturated carbocycles. The van der Waals surface area contributed by atoms with Crippen molar-refractivity contribution in [3.8, 4) is 11.5 Å². The molecule has 0 aliphatic carbocycles. The quantitative estimate of drug-likeness (QED) is 0.375. The summed E-state index contributed by atoms with van der Waals surface area (Å²) < 4.78 is 11.6. The average molecular weight is 446 g/mol. The number of carbonyl (C=O) groups is 1. The molecule has 7 heteroatoms. The summed E-state index contributed by atoms with van der Waals surface area (Å²) in [5.41, 5.74) is 2.63. The molecule has 162 valence electrons. The number of aromatic nitrogens is 2. The summed E-state index contributed by atoms with van der Waals surface area (Å²) in [6, 6.07) is 19.1. The van der Waals surface area contributed by atoms with Gasteiger partial charge in [-0.25, -0.2) is 4.98 Å². The number of ether oxygens (including phenoxy) is 2. The largest absolute Gasteiger partial charge is 0.490 e. The van der Waals surface area contributed by atoms with E-state index >= 15 is 0 Å². The van der Waals surface area contributed by atoms with Crippen molar-refractivity contribution in [3.05, 3.63) is 101 Å². The van der Waals surface area contributed by atoms with Gasteiger partial charge in [0.2, 0.25) is 0 Å². The fourth-order valence-corrected chi connectivity index (χ4v) is 3.94. The molecule has 0 bridgehead atoms. The summed E-state index contributed by atoms with van der Waals surface area (Å²) in [5.74, 6) is 0.852. The van der Waals surface area contributed by atoms with Gasteiger partial charge in [-0.2, -0.15) is 0 Å². The Labute approximate surface area is 190 Å². The highest BCUT2D eigenvalue weighted by Gasteiger charge is 2.14. The smallest absolute Gasteiger partial charge is 0.257 e. The number of pyridine rings is 1. The van der Waals surface area contributed by atoms with Gasteiger partial charge in [-0.3, -0.25) is 15.1 Å². The Morgan fingerprint density at radius 2 is 1.81 bits per heavy atom. The summed E-state index contributed by atoms with van der Waals surface area (Å²) in [6.45, 7) is 2.72. The molecule has 4 rings (SSSR count). The monoisotopic (exact) mass is 445 g/mol. The molecule has 0 saturated heterocycles. The summed E-state index contributed by atoms with van der Waals surface area (Å²) in [7, 11) is 0. The van der Waals surface area contributed by atoms with Crippen LogP contribution in [0.25, 0.3) is 0 Å². The lowest BCUT2D eigenvalue weighted by Crippen LogP contribution is -2.12. The van der Waals surface area contributed by atoms with Crippen LogP contribution in [0.5, 0.6) is 11.5 Å². The molecule has 0 radical (unpaired) electrons. The topological polar surface area (TPSA) is 73.3 Å². The Morgan fingerprint density at radius 1 is 0.969 bits per heavy atom. The van der Waals surface area contributed by atoms with Crippen molar-refractivity contribution < 1.29 is 14.3 Å². The second-order valence-corrected chi connectivity index (χ2v) is 8.11. The first-order valence-electron chi connectivity index (χ1n) is 10.3. The van der Waals surface area contributed by atoms with Crippen molar-refractivity contribution in [2.45, 2.75) is 20.0 Å². The highest BCUT2D eigenvalue weighted by molar-refractivity contribution is 7.15. The first kappa shape index (κ1) is 21.5. The highest BCUT2D eigenvalue weighted by atomic mass is 32.1. The van der Waals surface area contributed by atoms with Crippen molar-refractivity contribution in [2.24, 2.45) is 0 Å². The third-order valence-electron chi connectivity index (χ3n) is 4.62. The van der Waals surface area contributed by atoms with Gasteiger partial charge in [0.25, 0.3) is 5.91 Å². The summed E-state index contributed by atoms with van der Waals surface area (Å²) >= 11 is 1.47. The Balaban J connectivity index is 1.42. The molecular weight excluding hydrogens is 422 g/mol. The zero-order valence-electron chi connectivity index (χ0n) is 17.7. The SMILES string of the molecule is CCOc1cc(C(=O)Nc2ncc(Cc3ccccc3)s2)ccc1OCc1cccnc1. The molecule has 0 fully saturated rings. The minimum atomic E-state index is -0.245. The third-order valence-corrected chi connectivity index (χ3v) is 5.53. The molecule has 0 spiro atoms. The van der Waals surface area contributed by atoms with Crippen molar-refractivity contribution in [1.29, 1.82) is 0 Å². The van der Waals surface area contributed by atoms with Gasteiger partial charge in [-0.05, 0) is 36.8 Å². The van der Waals surface area contributed by atoms with Crippen LogP contribution >= 0.6 is 11.3 Å². The lowest BCUT2D eigenvalue weighted by Gasteiger charge is -2.13. The van der Waals surface area contributed by atoms with Gasteiger partial charge >= 0.3 is 0 Å². The Bertz CT molecular complexity index is 1160. The molecule has 1 amide bonds. The van der Waals surface area contributed by atoms with Crippen LogP contribution in [-0.4, -0.2) is 22.5 Å². The van der Waals surface area contributed by atoms with Crippen LogP contribution in [0.2, 0.25) is 0 Å². The lowest BCUT2D eigenvalue weighted by molar-refractivity contribution is 0.102. The van der Waals surface area contributed by atoms with Crippen molar-refractivity contribution >= 4 is 22.4 Å². The molecule has 2 aromatic carbocycles. The maximum Gasteiger partial charge on any atom is 0.257 e. The summed E-state index contributed by atoms with van der Waals surface area (Å²) in [6.07, 6.45) is 6.05. The van der Waals surface area contributed by atoms with E-state index < -0.39 is 0 Å². The Hall–Kier alpha value is -3.71. The second-order valence-electron chi connectivity index (χ2n) is 6.99. The number of nitrogens with zero attached hydrogens (tertiary/aromatic N) is 2. The molecule has 0 unspecified atom stereocenters. The number of benzene rings is 2. The molecule has 1 N–H and O–H groups in total. The minimum absolute atomic E-state index is 0.245. The number of rotatable bonds is 9. The number of anilines is 1. The fourth-order valence-electron chi connectivity index (χ4n) is 3.09. The molecule has 0 atom stereocenters. The second kappa shape index (κ2) is 10.5. The van der Waals surface area contributed by atoms with E-state index in [1.807, 2.05) is 37.3 Å². The number of hydrogen-bond donors (Lipinski definition) is 1. The van der Waals surface area contributed by atoms with E-state index in [-0.39, 0.29) is 5.91 Å². The molecule has 4 aromatic rings. The van der Waals surface area contributed by atoms with Gasteiger partial charge in [0, 0.05) is 41.0 Å². The van der Waals surface area contributed by atoms with Crippen LogP contribution in [0.4, 0.5) is 5.13 Å². The maximum atomic E-state index is 12.8. The van der Waals surface area contributed by atoms with Crippen LogP contribution in [0.1, 0.15) is 33.3 Å². The van der Waals surface area contributed by atoms with E-state index in [0.29, 0.717) is 35.4 Å². The van der Waals surface area contributed by atoms with Crippen LogP contribution in [-0.2, 0) is 13.0 Å². The molecular formula is C25H23N3O3S. The average Bonchev–Trinajstić information content (AvgIpc) is 3.26. The van der Waals surface area contributed by atoms with Gasteiger partial charge in [-0.15, -0.1) is 11.3 Å². The van der Waals surface area contributed by atoms with Gasteiger partial charge < -0.3 is 9.47 Å². The number of thiazole rings is 1. The summed E-state index contributed by atoms with van der Waals surface area (Å²) in [5, 5.41) is 3.44. The van der Waals surface area contributed by atoms with Crippen molar-refractivity contribution in [2.75, 3.05) is 11.9 Å². The highest BCUT2D eigenvalue weighted by Crippen LogP contribution is 2.30. The van der Waals surface area contributed by atoms with E-state index in [1.54, 1.807) is 36.8 Å². The van der Waals surface area contributed by atoms with E-state index in [2.05, 4.69) is 27.4 Å². The molecule has 2 aromatic heterocycles. The first-order chi connectivity index (χ1) is 15.7. The van der Waals surface area contributed by atoms with Crippen LogP contribution < -0.4 is 14.8 Å². The van der Waals surface area contributed by atoms with Crippen LogP contribution in [0.15, 0.2) is 79.3 Å². The molecule has 0 aliphatic rings. The Morgan fingerprint density at radius 3 is 2.59 bits per heavy atom. The van der Waals surface area contributed by atoms with E-state index in [4.69, 9.17) is 9.47 Å². The van der Waals surface area contributed by atoms with E-state index in [1.165, 1.54) is 16.9 Å². The van der Waals surface area contributed by atoms with Crippen LogP contribution in [0.3, 0.4) is 0 Å². The number of hydrogen-bond acceptors (Lipinski definition) is 6. The van der Waals surface area contributed by atoms with Gasteiger partial charge in [0.1, 0.15) is 6.61 Å². The summed E-state index contributed by atoms with van der Waals surface area (Å²) in [4.78, 5) is 22.3. The van der Waals surface area contributed by atoms with Crippen molar-refractivity contribution in [3.63, 3.8) is 0 Å². The molecule has 0 aliphatic heterocycles. The van der Waals surface area contributed by atoms with Gasteiger partial charge in [-0.1, -0.05) is 36.4 Å². The zero-order valence-corrected chi connectivity index (χ0v) is 18.5. The fraction of sp³-hybridized carbons (Fsp3) is 0.160. The number of amides is 1. The molecule has 32 heavy (non-hydrogen) atoms. The maximum absolute atomic E-state index is 12.8. The normalized spacial score (nSPS) is 10.5. The van der Waals surface area contributed by atoms with Crippen molar-refractivity contribution in [1.82, 2.24) is 9.97 Å². The predicted octanol–water partition coefficient (Wildman–Crippen LogP) is 5.36. The van der Waals surface area contributed by atoms with E-state index in [9.17, 15) is 4.79 Å². The zero-order chi connectivity index (χ0) is 22.2. The van der Waals surface area contributed by atoms with Gasteiger partial charge in [0.05, 0.1) is 6.61 Å².